The highest BCUT2D eigenvalue weighted by Crippen LogP contribution is 2.18. The van der Waals surface area contributed by atoms with Gasteiger partial charge in [-0.3, -0.25) is 0 Å². The Morgan fingerprint density at radius 3 is 3.06 bits per heavy atom. The molecule has 1 aliphatic rings. The van der Waals surface area contributed by atoms with Gasteiger partial charge >= 0.3 is 0 Å². The summed E-state index contributed by atoms with van der Waals surface area (Å²) in [7, 11) is 2.06. The first-order valence-corrected chi connectivity index (χ1v) is 6.01. The lowest BCUT2D eigenvalue weighted by atomic mass is 10.2. The maximum Gasteiger partial charge on any atom is 0.126 e. The van der Waals surface area contributed by atoms with Gasteiger partial charge in [0.05, 0.1) is 12.7 Å². The number of likely N-dealkylation sites (N-methyl/N-ethyl adjacent to an activating group) is 1. The van der Waals surface area contributed by atoms with Gasteiger partial charge in [-0.2, -0.15) is 0 Å². The van der Waals surface area contributed by atoms with Crippen LogP contribution >= 0.6 is 11.6 Å². The van der Waals surface area contributed by atoms with Crippen LogP contribution in [-0.2, 0) is 4.74 Å². The van der Waals surface area contributed by atoms with E-state index in [-0.39, 0.29) is 11.9 Å². The Hall–Kier alpha value is -0.840. The van der Waals surface area contributed by atoms with Crippen molar-refractivity contribution in [3.05, 3.63) is 29.0 Å². The fraction of sp³-hybridized carbons (Fsp3) is 0.500. The molecule has 0 spiro atoms. The van der Waals surface area contributed by atoms with Gasteiger partial charge in [-0.25, -0.2) is 4.39 Å². The number of anilines is 1. The van der Waals surface area contributed by atoms with Crippen molar-refractivity contribution in [2.24, 2.45) is 0 Å². The number of halogens is 2. The van der Waals surface area contributed by atoms with Gasteiger partial charge in [0.15, 0.2) is 0 Å². The lowest BCUT2D eigenvalue weighted by Crippen LogP contribution is -2.43. The lowest BCUT2D eigenvalue weighted by Gasteiger charge is -2.30. The molecule has 1 aromatic carbocycles. The first kappa shape index (κ1) is 12.6. The zero-order valence-corrected chi connectivity index (χ0v) is 10.5. The van der Waals surface area contributed by atoms with Gasteiger partial charge in [0.25, 0.3) is 0 Å². The van der Waals surface area contributed by atoms with Crippen LogP contribution in [0, 0.1) is 5.82 Å². The number of nitrogens with one attached hydrogen (secondary N) is 1. The predicted octanol–water partition coefficient (Wildman–Crippen LogP) is 2.22. The Morgan fingerprint density at radius 1 is 1.53 bits per heavy atom. The number of rotatable bonds is 3. The number of hydrogen-bond donors (Lipinski definition) is 1. The fourth-order valence-electron chi connectivity index (χ4n) is 1.88. The van der Waals surface area contributed by atoms with E-state index in [4.69, 9.17) is 16.3 Å². The van der Waals surface area contributed by atoms with E-state index in [0.717, 1.165) is 19.7 Å². The molecule has 1 atom stereocenters. The van der Waals surface area contributed by atoms with Gasteiger partial charge in [0.1, 0.15) is 5.82 Å². The van der Waals surface area contributed by atoms with Crippen LogP contribution in [0.4, 0.5) is 10.1 Å². The van der Waals surface area contributed by atoms with Crippen molar-refractivity contribution in [2.75, 3.05) is 38.6 Å². The normalized spacial score (nSPS) is 21.5. The quantitative estimate of drug-likeness (QED) is 0.900. The molecule has 94 valence electrons. The Balaban J connectivity index is 1.88. The molecule has 1 aliphatic heterocycles. The van der Waals surface area contributed by atoms with Crippen LogP contribution in [0.2, 0.25) is 5.02 Å². The molecule has 1 N–H and O–H groups in total. The van der Waals surface area contributed by atoms with E-state index in [1.807, 2.05) is 0 Å². The van der Waals surface area contributed by atoms with Gasteiger partial charge in [-0.1, -0.05) is 11.6 Å². The third kappa shape index (κ3) is 3.84. The van der Waals surface area contributed by atoms with E-state index in [0.29, 0.717) is 17.3 Å². The summed E-state index contributed by atoms with van der Waals surface area (Å²) in [5.74, 6) is -0.332. The maximum atomic E-state index is 13.1. The Bertz CT molecular complexity index is 369. The predicted molar refractivity (Wildman–Crippen MR) is 67.1 cm³/mol. The van der Waals surface area contributed by atoms with Gasteiger partial charge < -0.3 is 15.0 Å². The molecule has 0 aliphatic carbocycles. The van der Waals surface area contributed by atoms with Crippen LogP contribution in [-0.4, -0.2) is 44.3 Å². The standard InChI is InChI=1S/C12H16ClFN2O/c1-16-2-3-17-12(8-16)7-15-11-5-9(13)4-10(14)6-11/h4-6,12,15H,2-3,7-8H2,1H3. The molecule has 0 aromatic heterocycles. The Morgan fingerprint density at radius 2 is 2.35 bits per heavy atom. The van der Waals surface area contributed by atoms with E-state index in [9.17, 15) is 4.39 Å². The smallest absolute Gasteiger partial charge is 0.126 e. The summed E-state index contributed by atoms with van der Waals surface area (Å²) in [4.78, 5) is 2.22. The minimum atomic E-state index is -0.332. The molecule has 0 bridgehead atoms. The molecular weight excluding hydrogens is 243 g/mol. The van der Waals surface area contributed by atoms with Crippen molar-refractivity contribution in [1.29, 1.82) is 0 Å². The highest BCUT2D eigenvalue weighted by atomic mass is 35.5. The van der Waals surface area contributed by atoms with Crippen molar-refractivity contribution in [1.82, 2.24) is 4.90 Å². The zero-order chi connectivity index (χ0) is 12.3. The van der Waals surface area contributed by atoms with Gasteiger partial charge in [-0.15, -0.1) is 0 Å². The van der Waals surface area contributed by atoms with Crippen LogP contribution in [0.1, 0.15) is 0 Å². The minimum absolute atomic E-state index is 0.135. The molecular formula is C12H16ClFN2O. The lowest BCUT2D eigenvalue weighted by molar-refractivity contribution is -0.0117. The van der Waals surface area contributed by atoms with E-state index >= 15 is 0 Å². The zero-order valence-electron chi connectivity index (χ0n) is 9.75. The molecule has 2 rings (SSSR count). The van der Waals surface area contributed by atoms with Crippen molar-refractivity contribution in [3.8, 4) is 0 Å². The third-order valence-electron chi connectivity index (χ3n) is 2.74. The molecule has 1 aromatic rings. The van der Waals surface area contributed by atoms with Crippen molar-refractivity contribution < 1.29 is 9.13 Å². The van der Waals surface area contributed by atoms with Crippen molar-refractivity contribution in [2.45, 2.75) is 6.10 Å². The van der Waals surface area contributed by atoms with E-state index in [2.05, 4.69) is 17.3 Å². The second-order valence-corrected chi connectivity index (χ2v) is 4.73. The van der Waals surface area contributed by atoms with Gasteiger partial charge in [0, 0.05) is 30.3 Å². The molecule has 1 fully saturated rings. The summed E-state index contributed by atoms with van der Waals surface area (Å²) >= 11 is 5.78. The summed E-state index contributed by atoms with van der Waals surface area (Å²) in [6, 6.07) is 4.42. The van der Waals surface area contributed by atoms with Gasteiger partial charge in [0.2, 0.25) is 0 Å². The second kappa shape index (κ2) is 5.67. The van der Waals surface area contributed by atoms with Crippen molar-refractivity contribution in [3.63, 3.8) is 0 Å². The fourth-order valence-corrected chi connectivity index (χ4v) is 2.10. The summed E-state index contributed by atoms with van der Waals surface area (Å²) in [5.41, 5.74) is 0.687. The van der Waals surface area contributed by atoms with E-state index in [1.54, 1.807) is 6.07 Å². The maximum absolute atomic E-state index is 13.1. The monoisotopic (exact) mass is 258 g/mol. The molecule has 0 radical (unpaired) electrons. The molecule has 0 amide bonds. The first-order chi connectivity index (χ1) is 8.13. The number of morpholine rings is 1. The SMILES string of the molecule is CN1CCOC(CNc2cc(F)cc(Cl)c2)C1. The molecule has 5 heteroatoms. The third-order valence-corrected chi connectivity index (χ3v) is 2.96. The molecule has 3 nitrogen and oxygen atoms in total. The summed E-state index contributed by atoms with van der Waals surface area (Å²) in [5, 5.41) is 3.54. The van der Waals surface area contributed by atoms with Gasteiger partial charge in [-0.05, 0) is 25.2 Å². The number of benzene rings is 1. The second-order valence-electron chi connectivity index (χ2n) is 4.29. The van der Waals surface area contributed by atoms with Crippen LogP contribution in [0.25, 0.3) is 0 Å². The number of ether oxygens (including phenoxy) is 1. The average Bonchev–Trinajstić information content (AvgIpc) is 2.25. The summed E-state index contributed by atoms with van der Waals surface area (Å²) in [6.07, 6.45) is 0.135. The topological polar surface area (TPSA) is 24.5 Å². The van der Waals surface area contributed by atoms with Crippen molar-refractivity contribution >= 4 is 17.3 Å². The Labute approximate surface area is 106 Å². The average molecular weight is 259 g/mol. The van der Waals surface area contributed by atoms with E-state index < -0.39 is 0 Å². The van der Waals surface area contributed by atoms with Crippen LogP contribution in [0.3, 0.4) is 0 Å². The molecule has 1 saturated heterocycles. The largest absolute Gasteiger partial charge is 0.382 e. The highest BCUT2D eigenvalue weighted by molar-refractivity contribution is 6.30. The molecule has 1 unspecified atom stereocenters. The van der Waals surface area contributed by atoms with Crippen LogP contribution < -0.4 is 5.32 Å². The van der Waals surface area contributed by atoms with E-state index in [1.165, 1.54) is 12.1 Å². The Kier molecular flexibility index (Phi) is 4.20. The molecule has 17 heavy (non-hydrogen) atoms. The van der Waals surface area contributed by atoms with Crippen LogP contribution in [0.15, 0.2) is 18.2 Å². The molecule has 1 heterocycles. The highest BCUT2D eigenvalue weighted by Gasteiger charge is 2.17. The number of hydrogen-bond acceptors (Lipinski definition) is 3. The first-order valence-electron chi connectivity index (χ1n) is 5.63. The summed E-state index contributed by atoms with van der Waals surface area (Å²) in [6.45, 7) is 3.25. The minimum Gasteiger partial charge on any atom is -0.382 e. The molecule has 0 saturated carbocycles. The number of nitrogens with zero attached hydrogens (tertiary/aromatic N) is 1. The summed E-state index contributed by atoms with van der Waals surface area (Å²) < 4.78 is 18.7. The van der Waals surface area contributed by atoms with Crippen LogP contribution in [0.5, 0.6) is 0 Å².